The number of hydrogen-bond acceptors (Lipinski definition) is 10. The van der Waals surface area contributed by atoms with Crippen LogP contribution in [-0.4, -0.2) is 101 Å². The molecule has 0 spiro atoms. The van der Waals surface area contributed by atoms with Crippen molar-refractivity contribution in [3.05, 3.63) is 29.6 Å². The van der Waals surface area contributed by atoms with Crippen molar-refractivity contribution in [2.24, 2.45) is 5.92 Å². The van der Waals surface area contributed by atoms with Gasteiger partial charge in [-0.15, -0.1) is 11.3 Å². The molecule has 258 valence electrons. The third-order valence-electron chi connectivity index (χ3n) is 8.76. The number of likely N-dealkylation sites (tertiary alicyclic amines) is 2. The lowest BCUT2D eigenvalue weighted by Gasteiger charge is -2.30. The van der Waals surface area contributed by atoms with Gasteiger partial charge in [0.1, 0.15) is 29.6 Å². The highest BCUT2D eigenvalue weighted by atomic mass is 32.1. The summed E-state index contributed by atoms with van der Waals surface area (Å²) in [6, 6.07) is 6.81. The number of aldehydes is 1. The van der Waals surface area contributed by atoms with Crippen LogP contribution in [0.3, 0.4) is 0 Å². The molecule has 1 unspecified atom stereocenters. The van der Waals surface area contributed by atoms with Gasteiger partial charge in [0.15, 0.2) is 5.13 Å². The Labute approximate surface area is 284 Å². The van der Waals surface area contributed by atoms with E-state index in [9.17, 15) is 19.2 Å². The van der Waals surface area contributed by atoms with E-state index in [-0.39, 0.29) is 43.4 Å². The molecule has 3 aromatic rings. The lowest BCUT2D eigenvalue weighted by molar-refractivity contribution is -0.137. The van der Waals surface area contributed by atoms with Crippen molar-refractivity contribution in [3.63, 3.8) is 0 Å². The lowest BCUT2D eigenvalue weighted by atomic mass is 10.00. The monoisotopic (exact) mass is 679 g/mol. The molecular weight excluding hydrogens is 634 g/mol. The number of pyridine rings is 1. The van der Waals surface area contributed by atoms with E-state index >= 15 is 0 Å². The van der Waals surface area contributed by atoms with Gasteiger partial charge in [0.2, 0.25) is 11.8 Å². The summed E-state index contributed by atoms with van der Waals surface area (Å²) in [7, 11) is 1.59. The standard InChI is InChI=1S/C34H45N7O6S/c1-20(2)27(17-40-11-7-8-30(40)43)38-32(45)35-15-31(44)41-16-23(14-34(41,5)19-42)47-29-13-26(28-18-48-33(39-28)36-21(3)4)37-25-12-22(46-6)9-10-24(25)29/h9-10,12-13,18-21,23,27H,7-8,11,14-17H2,1-6H3,(H,36,39)(H2,35,38,45)/t23-,27-,34?/m1/s1. The minimum atomic E-state index is -1.13. The number of fused-ring (bicyclic) bond motifs is 1. The molecule has 3 atom stereocenters. The molecule has 2 aliphatic heterocycles. The number of thiazole rings is 1. The predicted molar refractivity (Wildman–Crippen MR) is 184 cm³/mol. The summed E-state index contributed by atoms with van der Waals surface area (Å²) in [6.45, 7) is 10.7. The van der Waals surface area contributed by atoms with Gasteiger partial charge in [0.05, 0.1) is 43.0 Å². The molecule has 2 fully saturated rings. The zero-order valence-corrected chi connectivity index (χ0v) is 29.2. The summed E-state index contributed by atoms with van der Waals surface area (Å²) in [4.78, 5) is 63.5. The fourth-order valence-electron chi connectivity index (χ4n) is 6.07. The van der Waals surface area contributed by atoms with E-state index in [4.69, 9.17) is 19.4 Å². The molecule has 4 heterocycles. The number of aromatic nitrogens is 2. The Morgan fingerprint density at radius 1 is 1.17 bits per heavy atom. The summed E-state index contributed by atoms with van der Waals surface area (Å²) in [5.41, 5.74) is 0.834. The summed E-state index contributed by atoms with van der Waals surface area (Å²) in [5, 5.41) is 12.3. The van der Waals surface area contributed by atoms with E-state index < -0.39 is 23.6 Å². The minimum Gasteiger partial charge on any atom is -0.497 e. The first kappa shape index (κ1) is 34.9. The number of ether oxygens (including phenoxy) is 2. The Morgan fingerprint density at radius 2 is 1.96 bits per heavy atom. The molecule has 48 heavy (non-hydrogen) atoms. The van der Waals surface area contributed by atoms with Gasteiger partial charge in [0.25, 0.3) is 0 Å². The van der Waals surface area contributed by atoms with Crippen molar-refractivity contribution in [2.75, 3.05) is 38.6 Å². The average Bonchev–Trinajstić information content (AvgIpc) is 3.77. The third kappa shape index (κ3) is 7.97. The van der Waals surface area contributed by atoms with Gasteiger partial charge in [-0.2, -0.15) is 0 Å². The van der Waals surface area contributed by atoms with Crippen LogP contribution in [-0.2, 0) is 14.4 Å². The number of benzene rings is 1. The number of carbonyl (C=O) groups excluding carboxylic acids is 4. The molecule has 0 saturated carbocycles. The van der Waals surface area contributed by atoms with Gasteiger partial charge in [-0.05, 0) is 45.2 Å². The highest BCUT2D eigenvalue weighted by Crippen LogP contribution is 2.37. The number of nitrogens with zero attached hydrogens (tertiary/aromatic N) is 4. The maximum atomic E-state index is 13.4. The van der Waals surface area contributed by atoms with E-state index in [2.05, 4.69) is 16.0 Å². The van der Waals surface area contributed by atoms with Crippen LogP contribution in [0.25, 0.3) is 22.3 Å². The van der Waals surface area contributed by atoms with Crippen LogP contribution in [0.4, 0.5) is 9.93 Å². The predicted octanol–water partition coefficient (Wildman–Crippen LogP) is 4.07. The van der Waals surface area contributed by atoms with Crippen LogP contribution in [0.2, 0.25) is 0 Å². The molecule has 4 amide bonds. The SMILES string of the molecule is COc1ccc2c(O[C@H]3CN(C(=O)CNC(=O)N[C@H](CN4CCCC4=O)C(C)C)C(C)(C=O)C3)cc(-c3csc(NC(C)C)n3)nc2c1. The van der Waals surface area contributed by atoms with E-state index in [1.807, 2.05) is 57.3 Å². The lowest BCUT2D eigenvalue weighted by Crippen LogP contribution is -2.53. The van der Waals surface area contributed by atoms with Crippen LogP contribution in [0.15, 0.2) is 29.6 Å². The van der Waals surface area contributed by atoms with Crippen LogP contribution in [0.1, 0.15) is 53.9 Å². The molecule has 2 aromatic heterocycles. The van der Waals surface area contributed by atoms with Crippen molar-refractivity contribution in [1.29, 1.82) is 0 Å². The fraction of sp³-hybridized carbons (Fsp3) is 0.529. The molecule has 5 rings (SSSR count). The smallest absolute Gasteiger partial charge is 0.315 e. The average molecular weight is 680 g/mol. The van der Waals surface area contributed by atoms with Gasteiger partial charge >= 0.3 is 6.03 Å². The van der Waals surface area contributed by atoms with Gasteiger partial charge in [-0.3, -0.25) is 9.59 Å². The topological polar surface area (TPSA) is 155 Å². The molecule has 2 saturated heterocycles. The van der Waals surface area contributed by atoms with Gasteiger partial charge < -0.3 is 40.0 Å². The highest BCUT2D eigenvalue weighted by Gasteiger charge is 2.46. The molecular formula is C34H45N7O6S. The number of nitrogens with one attached hydrogen (secondary N) is 3. The number of amides is 4. The number of methoxy groups -OCH3 is 1. The Hall–Kier alpha value is -4.46. The van der Waals surface area contributed by atoms with Crippen molar-refractivity contribution in [2.45, 2.75) is 77.6 Å². The minimum absolute atomic E-state index is 0.0786. The van der Waals surface area contributed by atoms with Gasteiger partial charge in [-0.25, -0.2) is 14.8 Å². The number of hydrogen-bond donors (Lipinski definition) is 3. The van der Waals surface area contributed by atoms with Crippen molar-refractivity contribution in [1.82, 2.24) is 30.4 Å². The van der Waals surface area contributed by atoms with Crippen LogP contribution >= 0.6 is 11.3 Å². The Morgan fingerprint density at radius 3 is 2.62 bits per heavy atom. The van der Waals surface area contributed by atoms with Gasteiger partial charge in [0, 0.05) is 54.9 Å². The second-order valence-corrected chi connectivity index (χ2v) is 14.1. The quantitative estimate of drug-likeness (QED) is 0.227. The first-order valence-electron chi connectivity index (χ1n) is 16.4. The summed E-state index contributed by atoms with van der Waals surface area (Å²) in [6.07, 6.45) is 1.86. The maximum absolute atomic E-state index is 13.4. The van der Waals surface area contributed by atoms with Crippen LogP contribution in [0, 0.1) is 5.92 Å². The van der Waals surface area contributed by atoms with Crippen molar-refractivity contribution in [3.8, 4) is 22.9 Å². The Kier molecular flexibility index (Phi) is 10.7. The molecule has 13 nitrogen and oxygen atoms in total. The maximum Gasteiger partial charge on any atom is 0.315 e. The summed E-state index contributed by atoms with van der Waals surface area (Å²) < 4.78 is 12.0. The number of urea groups is 1. The van der Waals surface area contributed by atoms with Crippen LogP contribution < -0.4 is 25.4 Å². The first-order chi connectivity index (χ1) is 22.9. The molecule has 0 bridgehead atoms. The second kappa shape index (κ2) is 14.8. The fourth-order valence-corrected chi connectivity index (χ4v) is 6.92. The molecule has 3 N–H and O–H groups in total. The summed E-state index contributed by atoms with van der Waals surface area (Å²) >= 11 is 1.49. The number of anilines is 1. The van der Waals surface area contributed by atoms with Gasteiger partial charge in [-0.1, -0.05) is 13.8 Å². The van der Waals surface area contributed by atoms with Crippen molar-refractivity contribution < 1.29 is 28.7 Å². The third-order valence-corrected chi connectivity index (χ3v) is 9.53. The zero-order chi connectivity index (χ0) is 34.6. The molecule has 0 aliphatic carbocycles. The Balaban J connectivity index is 1.29. The molecule has 0 radical (unpaired) electrons. The summed E-state index contributed by atoms with van der Waals surface area (Å²) in [5.74, 6) is 0.953. The molecule has 2 aliphatic rings. The van der Waals surface area contributed by atoms with Crippen LogP contribution in [0.5, 0.6) is 11.5 Å². The first-order valence-corrected chi connectivity index (χ1v) is 17.2. The number of carbonyl (C=O) groups is 4. The Bertz CT molecular complexity index is 1660. The second-order valence-electron chi connectivity index (χ2n) is 13.3. The molecule has 1 aromatic carbocycles. The van der Waals surface area contributed by atoms with E-state index in [1.165, 1.54) is 16.2 Å². The molecule has 14 heteroatoms. The van der Waals surface area contributed by atoms with E-state index in [1.54, 1.807) is 18.9 Å². The van der Waals surface area contributed by atoms with Crippen molar-refractivity contribution >= 4 is 51.5 Å². The van der Waals surface area contributed by atoms with E-state index in [0.29, 0.717) is 47.9 Å². The zero-order valence-electron chi connectivity index (χ0n) is 28.4. The number of rotatable bonds is 13. The normalized spacial score (nSPS) is 20.0. The highest BCUT2D eigenvalue weighted by molar-refractivity contribution is 7.14. The van der Waals surface area contributed by atoms with E-state index in [0.717, 1.165) is 23.2 Å². The largest absolute Gasteiger partial charge is 0.497 e.